The molecule has 2 saturated carbocycles. The zero-order valence-corrected chi connectivity index (χ0v) is 13.9. The van der Waals surface area contributed by atoms with Crippen LogP contribution in [0.25, 0.3) is 0 Å². The Hall–Kier alpha value is -2.17. The Balaban J connectivity index is 1.64. The summed E-state index contributed by atoms with van der Waals surface area (Å²) in [7, 11) is 3.13. The van der Waals surface area contributed by atoms with Gasteiger partial charge in [0.05, 0.1) is 14.2 Å². The van der Waals surface area contributed by atoms with E-state index in [1.165, 1.54) is 31.3 Å². The van der Waals surface area contributed by atoms with Gasteiger partial charge >= 0.3 is 0 Å². The zero-order valence-electron chi connectivity index (χ0n) is 13.9. The van der Waals surface area contributed by atoms with E-state index in [0.717, 1.165) is 11.6 Å². The van der Waals surface area contributed by atoms with Crippen molar-refractivity contribution in [3.8, 4) is 11.5 Å². The van der Waals surface area contributed by atoms with Gasteiger partial charge in [-0.1, -0.05) is 0 Å². The molecule has 0 spiro atoms. The number of carbonyl (C=O) groups is 1. The summed E-state index contributed by atoms with van der Waals surface area (Å²) in [6, 6.07) is 5.13. The molecule has 0 heterocycles. The van der Waals surface area contributed by atoms with Crippen LogP contribution in [0.2, 0.25) is 0 Å². The van der Waals surface area contributed by atoms with Crippen molar-refractivity contribution >= 4 is 5.91 Å². The van der Waals surface area contributed by atoms with Gasteiger partial charge in [0.15, 0.2) is 11.5 Å². The van der Waals surface area contributed by atoms with Crippen molar-refractivity contribution < 1.29 is 14.3 Å². The first-order valence-corrected chi connectivity index (χ1v) is 8.10. The average molecular weight is 316 g/mol. The van der Waals surface area contributed by atoms with Crippen molar-refractivity contribution in [3.05, 3.63) is 35.0 Å². The number of hydrazine groups is 1. The Labute approximate surface area is 137 Å². The Morgan fingerprint density at radius 1 is 1.13 bits per heavy atom. The highest BCUT2D eigenvalue weighted by Crippen LogP contribution is 2.48. The number of rotatable bonds is 5. The molecule has 0 radical (unpaired) electrons. The Bertz CT molecular complexity index is 639. The maximum Gasteiger partial charge on any atom is 0.269 e. The number of fused-ring (bicyclic) bond motifs is 2. The summed E-state index contributed by atoms with van der Waals surface area (Å²) in [5, 5.41) is 0. The first kappa shape index (κ1) is 15.7. The van der Waals surface area contributed by atoms with Gasteiger partial charge in [-0.3, -0.25) is 10.2 Å². The van der Waals surface area contributed by atoms with Gasteiger partial charge in [0, 0.05) is 11.3 Å². The lowest BCUT2D eigenvalue weighted by Gasteiger charge is -2.18. The highest BCUT2D eigenvalue weighted by molar-refractivity contribution is 5.94. The van der Waals surface area contributed by atoms with Gasteiger partial charge < -0.3 is 14.9 Å². The summed E-state index contributed by atoms with van der Waals surface area (Å²) in [5.74, 6) is 2.54. The van der Waals surface area contributed by atoms with Crippen LogP contribution in [-0.2, 0) is 0 Å². The quantitative estimate of drug-likeness (QED) is 0.820. The third-order valence-corrected chi connectivity index (χ3v) is 5.03. The molecular formula is C18H24N2O3. The van der Waals surface area contributed by atoms with Crippen LogP contribution in [0.15, 0.2) is 29.5 Å². The van der Waals surface area contributed by atoms with Gasteiger partial charge in [-0.05, 0) is 68.2 Å². The van der Waals surface area contributed by atoms with Crippen LogP contribution < -0.4 is 20.3 Å². The first-order valence-electron chi connectivity index (χ1n) is 8.10. The first-order chi connectivity index (χ1) is 11.1. The predicted molar refractivity (Wildman–Crippen MR) is 88.3 cm³/mol. The number of hydrogen-bond acceptors (Lipinski definition) is 4. The lowest BCUT2D eigenvalue weighted by Crippen LogP contribution is -2.36. The molecule has 1 amide bonds. The van der Waals surface area contributed by atoms with Gasteiger partial charge in [-0.2, -0.15) is 0 Å². The monoisotopic (exact) mass is 316 g/mol. The van der Waals surface area contributed by atoms with E-state index >= 15 is 0 Å². The second-order valence-electron chi connectivity index (χ2n) is 6.38. The van der Waals surface area contributed by atoms with Crippen molar-refractivity contribution in [2.24, 2.45) is 11.8 Å². The van der Waals surface area contributed by atoms with Crippen LogP contribution in [0.5, 0.6) is 11.5 Å². The molecule has 1 aromatic rings. The molecule has 23 heavy (non-hydrogen) atoms. The molecule has 2 aliphatic rings. The standard InChI is InChI=1S/C18H24N2O3/c1-11(15-9-12-4-5-13(15)8-12)19-20-18(21)14-6-7-16(22-2)17(10-14)23-3/h6-7,10,12-13,19H,4-5,8-9H2,1-3H3,(H,20,21)/b15-11+/t12-,13-/m1/s1. The number of carbonyl (C=O) groups excluding carboxylic acids is 1. The highest BCUT2D eigenvalue weighted by Gasteiger charge is 2.36. The molecule has 0 saturated heterocycles. The van der Waals surface area contributed by atoms with E-state index in [0.29, 0.717) is 23.0 Å². The molecule has 3 rings (SSSR count). The predicted octanol–water partition coefficient (Wildman–Crippen LogP) is 3.03. The molecule has 1 aromatic carbocycles. The maximum atomic E-state index is 12.3. The molecule has 0 aliphatic heterocycles. The van der Waals surface area contributed by atoms with E-state index in [9.17, 15) is 4.79 Å². The van der Waals surface area contributed by atoms with Crippen LogP contribution in [-0.4, -0.2) is 20.1 Å². The number of methoxy groups -OCH3 is 2. The van der Waals surface area contributed by atoms with Crippen LogP contribution >= 0.6 is 0 Å². The average Bonchev–Trinajstić information content (AvgIpc) is 3.21. The van der Waals surface area contributed by atoms with Gasteiger partial charge in [0.2, 0.25) is 0 Å². The van der Waals surface area contributed by atoms with Crippen LogP contribution in [0.1, 0.15) is 43.0 Å². The van der Waals surface area contributed by atoms with Gasteiger partial charge in [-0.25, -0.2) is 0 Å². The number of hydrogen-bond donors (Lipinski definition) is 2. The van der Waals surface area contributed by atoms with E-state index < -0.39 is 0 Å². The van der Waals surface area contributed by atoms with E-state index in [1.54, 1.807) is 32.4 Å². The normalized spacial score (nSPS) is 24.3. The van der Waals surface area contributed by atoms with Gasteiger partial charge in [0.1, 0.15) is 0 Å². The molecule has 2 atom stereocenters. The second-order valence-corrected chi connectivity index (χ2v) is 6.38. The second kappa shape index (κ2) is 6.52. The zero-order chi connectivity index (χ0) is 16.4. The number of nitrogens with one attached hydrogen (secondary N) is 2. The fourth-order valence-corrected chi connectivity index (χ4v) is 3.79. The molecule has 5 nitrogen and oxygen atoms in total. The molecule has 2 N–H and O–H groups in total. The summed E-state index contributed by atoms with van der Waals surface area (Å²) in [5.41, 5.74) is 8.96. The Morgan fingerprint density at radius 2 is 1.91 bits per heavy atom. The molecule has 0 aromatic heterocycles. The lowest BCUT2D eigenvalue weighted by molar-refractivity contribution is 0.0938. The fraction of sp³-hybridized carbons (Fsp3) is 0.500. The third kappa shape index (κ3) is 3.14. The van der Waals surface area contributed by atoms with E-state index in [1.807, 2.05) is 6.92 Å². The van der Waals surface area contributed by atoms with Crippen molar-refractivity contribution in [2.75, 3.05) is 14.2 Å². The van der Waals surface area contributed by atoms with Crippen LogP contribution in [0, 0.1) is 11.8 Å². The molecule has 0 unspecified atom stereocenters. The summed E-state index contributed by atoms with van der Waals surface area (Å²) >= 11 is 0. The smallest absolute Gasteiger partial charge is 0.269 e. The molecule has 2 fully saturated rings. The molecule has 124 valence electrons. The SMILES string of the molecule is COc1ccc(C(=O)NN/C(C)=C2\C[C@@H]3CC[C@@H]2C3)cc1OC. The minimum Gasteiger partial charge on any atom is -0.493 e. The minimum atomic E-state index is -0.186. The maximum absolute atomic E-state index is 12.3. The topological polar surface area (TPSA) is 59.6 Å². The largest absolute Gasteiger partial charge is 0.493 e. The van der Waals surface area contributed by atoms with E-state index in [4.69, 9.17) is 9.47 Å². The van der Waals surface area contributed by atoms with Crippen molar-refractivity contribution in [1.82, 2.24) is 10.9 Å². The van der Waals surface area contributed by atoms with Crippen LogP contribution in [0.4, 0.5) is 0 Å². The molecule has 2 aliphatic carbocycles. The number of amides is 1. The number of benzene rings is 1. The minimum absolute atomic E-state index is 0.186. The van der Waals surface area contributed by atoms with Crippen molar-refractivity contribution in [3.63, 3.8) is 0 Å². The lowest BCUT2D eigenvalue weighted by atomic mass is 9.93. The van der Waals surface area contributed by atoms with E-state index in [2.05, 4.69) is 10.9 Å². The summed E-state index contributed by atoms with van der Waals surface area (Å²) in [6.45, 7) is 2.05. The summed E-state index contributed by atoms with van der Waals surface area (Å²) in [4.78, 5) is 12.3. The van der Waals surface area contributed by atoms with Gasteiger partial charge in [0.25, 0.3) is 5.91 Å². The Kier molecular flexibility index (Phi) is 4.46. The summed E-state index contributed by atoms with van der Waals surface area (Å²) < 4.78 is 10.4. The number of allylic oxidation sites excluding steroid dienone is 2. The fourth-order valence-electron chi connectivity index (χ4n) is 3.79. The van der Waals surface area contributed by atoms with Crippen molar-refractivity contribution in [2.45, 2.75) is 32.6 Å². The third-order valence-electron chi connectivity index (χ3n) is 5.03. The number of ether oxygens (including phenoxy) is 2. The molecule has 2 bridgehead atoms. The molecule has 5 heteroatoms. The molecular weight excluding hydrogens is 292 g/mol. The van der Waals surface area contributed by atoms with Gasteiger partial charge in [-0.15, -0.1) is 0 Å². The van der Waals surface area contributed by atoms with Crippen molar-refractivity contribution in [1.29, 1.82) is 0 Å². The summed E-state index contributed by atoms with van der Waals surface area (Å²) in [6.07, 6.45) is 5.15. The van der Waals surface area contributed by atoms with Crippen LogP contribution in [0.3, 0.4) is 0 Å². The highest BCUT2D eigenvalue weighted by atomic mass is 16.5. The van der Waals surface area contributed by atoms with E-state index in [-0.39, 0.29) is 5.91 Å². The Morgan fingerprint density at radius 3 is 2.52 bits per heavy atom.